The van der Waals surface area contributed by atoms with E-state index >= 15 is 0 Å². The van der Waals surface area contributed by atoms with Crippen LogP contribution in [0.25, 0.3) is 0 Å². The third-order valence-corrected chi connectivity index (χ3v) is 4.41. The number of aromatic nitrogens is 2. The highest BCUT2D eigenvalue weighted by Gasteiger charge is 2.14. The van der Waals surface area contributed by atoms with Gasteiger partial charge in [0.05, 0.1) is 12.8 Å². The summed E-state index contributed by atoms with van der Waals surface area (Å²) in [6, 6.07) is 7.48. The molecule has 1 aliphatic heterocycles. The number of halogens is 1. The molecule has 0 aliphatic carbocycles. The van der Waals surface area contributed by atoms with Crippen LogP contribution in [0.1, 0.15) is 31.5 Å². The molecular formula is C18H23ClN4O. The largest absolute Gasteiger partial charge is 0.495 e. The summed E-state index contributed by atoms with van der Waals surface area (Å²) in [5.41, 5.74) is 0.796. The van der Waals surface area contributed by atoms with Crippen molar-refractivity contribution in [1.29, 1.82) is 0 Å². The maximum Gasteiger partial charge on any atom is 0.142 e. The van der Waals surface area contributed by atoms with Crippen LogP contribution in [0.15, 0.2) is 24.3 Å². The number of nitrogens with one attached hydrogen (secondary N) is 1. The maximum absolute atomic E-state index is 6.11. The minimum Gasteiger partial charge on any atom is -0.495 e. The molecule has 0 bridgehead atoms. The van der Waals surface area contributed by atoms with Gasteiger partial charge < -0.3 is 15.0 Å². The molecule has 0 radical (unpaired) electrons. The Kier molecular flexibility index (Phi) is 5.41. The lowest BCUT2D eigenvalue weighted by molar-refractivity contribution is 0.417. The van der Waals surface area contributed by atoms with E-state index in [1.165, 1.54) is 25.7 Å². The molecule has 1 aromatic carbocycles. The topological polar surface area (TPSA) is 50.3 Å². The van der Waals surface area contributed by atoms with Crippen LogP contribution in [0.2, 0.25) is 5.02 Å². The van der Waals surface area contributed by atoms with Crippen molar-refractivity contribution in [2.45, 2.75) is 32.6 Å². The van der Waals surface area contributed by atoms with Gasteiger partial charge in [-0.15, -0.1) is 0 Å². The molecule has 2 heterocycles. The zero-order valence-corrected chi connectivity index (χ0v) is 14.9. The summed E-state index contributed by atoms with van der Waals surface area (Å²) >= 11 is 6.11. The maximum atomic E-state index is 6.11. The van der Waals surface area contributed by atoms with E-state index in [1.54, 1.807) is 13.2 Å². The first-order valence-corrected chi connectivity index (χ1v) is 8.75. The standard InChI is InChI=1S/C18H23ClN4O/c1-13-20-17(22-15-11-14(19)7-8-16(15)24-2)12-18(21-13)23-9-5-3-4-6-10-23/h7-8,11-12H,3-6,9-10H2,1-2H3,(H,20,21,22). The van der Waals surface area contributed by atoms with Crippen LogP contribution in [-0.2, 0) is 0 Å². The molecule has 0 atom stereocenters. The Morgan fingerprint density at radius 2 is 1.83 bits per heavy atom. The van der Waals surface area contributed by atoms with Gasteiger partial charge in [-0.1, -0.05) is 24.4 Å². The Hall–Kier alpha value is -2.01. The number of benzene rings is 1. The predicted molar refractivity (Wildman–Crippen MR) is 98.7 cm³/mol. The van der Waals surface area contributed by atoms with E-state index in [2.05, 4.69) is 20.2 Å². The monoisotopic (exact) mass is 346 g/mol. The second-order valence-corrected chi connectivity index (χ2v) is 6.47. The van der Waals surface area contributed by atoms with Crippen LogP contribution in [0.4, 0.5) is 17.3 Å². The van der Waals surface area contributed by atoms with E-state index in [0.29, 0.717) is 5.02 Å². The first-order valence-electron chi connectivity index (χ1n) is 8.37. The zero-order chi connectivity index (χ0) is 16.9. The molecule has 0 amide bonds. The third-order valence-electron chi connectivity index (χ3n) is 4.18. The zero-order valence-electron chi connectivity index (χ0n) is 14.2. The van der Waals surface area contributed by atoms with Crippen LogP contribution < -0.4 is 15.0 Å². The van der Waals surface area contributed by atoms with Crippen molar-refractivity contribution in [3.05, 3.63) is 35.1 Å². The van der Waals surface area contributed by atoms with Gasteiger partial charge in [0.1, 0.15) is 23.2 Å². The number of anilines is 3. The second kappa shape index (κ2) is 7.71. The molecule has 5 nitrogen and oxygen atoms in total. The smallest absolute Gasteiger partial charge is 0.142 e. The highest BCUT2D eigenvalue weighted by atomic mass is 35.5. The van der Waals surface area contributed by atoms with E-state index in [0.717, 1.165) is 42.0 Å². The number of rotatable bonds is 4. The summed E-state index contributed by atoms with van der Waals surface area (Å²) in [4.78, 5) is 11.5. The van der Waals surface area contributed by atoms with Gasteiger partial charge >= 0.3 is 0 Å². The fraction of sp³-hybridized carbons (Fsp3) is 0.444. The summed E-state index contributed by atoms with van der Waals surface area (Å²) in [5.74, 6) is 3.21. The van der Waals surface area contributed by atoms with Crippen molar-refractivity contribution < 1.29 is 4.74 Å². The molecule has 1 N–H and O–H groups in total. The Morgan fingerprint density at radius 3 is 2.54 bits per heavy atom. The van der Waals surface area contributed by atoms with E-state index in [9.17, 15) is 0 Å². The normalized spacial score (nSPS) is 15.0. The van der Waals surface area contributed by atoms with Crippen molar-refractivity contribution in [3.8, 4) is 5.75 Å². The van der Waals surface area contributed by atoms with E-state index in [-0.39, 0.29) is 0 Å². The minimum absolute atomic E-state index is 0.650. The number of ether oxygens (including phenoxy) is 1. The third kappa shape index (κ3) is 4.09. The molecule has 6 heteroatoms. The summed E-state index contributed by atoms with van der Waals surface area (Å²) in [6.45, 7) is 4.02. The first-order chi connectivity index (χ1) is 11.7. The number of nitrogens with zero attached hydrogens (tertiary/aromatic N) is 3. The molecule has 2 aromatic rings. The van der Waals surface area contributed by atoms with Gasteiger partial charge in [-0.25, -0.2) is 9.97 Å². The van der Waals surface area contributed by atoms with Gasteiger partial charge in [-0.3, -0.25) is 0 Å². The fourth-order valence-corrected chi connectivity index (χ4v) is 3.17. The van der Waals surface area contributed by atoms with Gasteiger partial charge in [0.25, 0.3) is 0 Å². The van der Waals surface area contributed by atoms with Crippen molar-refractivity contribution in [1.82, 2.24) is 9.97 Å². The lowest BCUT2D eigenvalue weighted by Gasteiger charge is -2.22. The number of hydrogen-bond donors (Lipinski definition) is 1. The molecule has 0 unspecified atom stereocenters. The highest BCUT2D eigenvalue weighted by Crippen LogP contribution is 2.31. The fourth-order valence-electron chi connectivity index (χ4n) is 2.99. The molecular weight excluding hydrogens is 324 g/mol. The molecule has 128 valence electrons. The lowest BCUT2D eigenvalue weighted by atomic mass is 10.2. The van der Waals surface area contributed by atoms with Gasteiger partial charge in [0.2, 0.25) is 0 Å². The Labute approximate surface area is 148 Å². The lowest BCUT2D eigenvalue weighted by Crippen LogP contribution is -2.25. The Bertz CT molecular complexity index is 699. The minimum atomic E-state index is 0.650. The summed E-state index contributed by atoms with van der Waals surface area (Å²) in [5, 5.41) is 3.96. The Morgan fingerprint density at radius 1 is 1.08 bits per heavy atom. The summed E-state index contributed by atoms with van der Waals surface area (Å²) in [7, 11) is 1.64. The molecule has 1 aliphatic rings. The van der Waals surface area contributed by atoms with Gasteiger partial charge in [-0.05, 0) is 38.0 Å². The molecule has 0 spiro atoms. The van der Waals surface area contributed by atoms with Crippen LogP contribution in [-0.4, -0.2) is 30.2 Å². The molecule has 1 aromatic heterocycles. The van der Waals surface area contributed by atoms with E-state index < -0.39 is 0 Å². The van der Waals surface area contributed by atoms with Gasteiger partial charge in [0.15, 0.2) is 0 Å². The van der Waals surface area contributed by atoms with Gasteiger partial charge in [0, 0.05) is 24.2 Å². The average molecular weight is 347 g/mol. The SMILES string of the molecule is COc1ccc(Cl)cc1Nc1cc(N2CCCCCC2)nc(C)n1. The predicted octanol–water partition coefficient (Wildman–Crippen LogP) is 4.57. The average Bonchev–Trinajstić information content (AvgIpc) is 2.84. The van der Waals surface area contributed by atoms with Crippen molar-refractivity contribution in [3.63, 3.8) is 0 Å². The van der Waals surface area contributed by atoms with E-state index in [4.69, 9.17) is 16.3 Å². The van der Waals surface area contributed by atoms with Gasteiger partial charge in [-0.2, -0.15) is 0 Å². The van der Waals surface area contributed by atoms with Crippen molar-refractivity contribution in [2.24, 2.45) is 0 Å². The van der Waals surface area contributed by atoms with Crippen LogP contribution >= 0.6 is 11.6 Å². The van der Waals surface area contributed by atoms with E-state index in [1.807, 2.05) is 25.1 Å². The molecule has 0 saturated carbocycles. The van der Waals surface area contributed by atoms with Crippen molar-refractivity contribution in [2.75, 3.05) is 30.4 Å². The quantitative estimate of drug-likeness (QED) is 0.878. The van der Waals surface area contributed by atoms with Crippen molar-refractivity contribution >= 4 is 28.9 Å². The first kappa shape index (κ1) is 16.8. The van der Waals surface area contributed by atoms with Crippen LogP contribution in [0.3, 0.4) is 0 Å². The van der Waals surface area contributed by atoms with Crippen LogP contribution in [0.5, 0.6) is 5.75 Å². The Balaban J connectivity index is 1.87. The van der Waals surface area contributed by atoms with Crippen LogP contribution in [0, 0.1) is 6.92 Å². The number of methoxy groups -OCH3 is 1. The second-order valence-electron chi connectivity index (χ2n) is 6.03. The molecule has 1 fully saturated rings. The molecule has 24 heavy (non-hydrogen) atoms. The summed E-state index contributed by atoms with van der Waals surface area (Å²) in [6.07, 6.45) is 5.03. The molecule has 1 saturated heterocycles. The number of aryl methyl sites for hydroxylation is 1. The summed E-state index contributed by atoms with van der Waals surface area (Å²) < 4.78 is 5.39. The number of hydrogen-bond acceptors (Lipinski definition) is 5. The highest BCUT2D eigenvalue weighted by molar-refractivity contribution is 6.31. The molecule has 3 rings (SSSR count).